The molecule has 4 rings (SSSR count). The second-order valence-electron chi connectivity index (χ2n) is 11.5. The summed E-state index contributed by atoms with van der Waals surface area (Å²) in [7, 11) is 0.654. The van der Waals surface area contributed by atoms with Gasteiger partial charge in [-0.25, -0.2) is 4.79 Å². The Morgan fingerprint density at radius 1 is 1.05 bits per heavy atom. The van der Waals surface area contributed by atoms with Crippen LogP contribution >= 0.6 is 0 Å². The molecule has 1 aliphatic rings. The largest absolute Gasteiger partial charge is 0.405 e. The number of aryl methyl sites for hydroxylation is 1. The molecule has 0 unspecified atom stereocenters. The Balaban J connectivity index is 1.68. The van der Waals surface area contributed by atoms with Crippen LogP contribution in [0.25, 0.3) is 0 Å². The second-order valence-corrected chi connectivity index (χ2v) is 15.8. The van der Waals surface area contributed by atoms with E-state index in [1.807, 2.05) is 36.4 Å². The van der Waals surface area contributed by atoms with E-state index in [0.29, 0.717) is 5.56 Å². The fourth-order valence-corrected chi connectivity index (χ4v) is 9.96. The summed E-state index contributed by atoms with van der Waals surface area (Å²) in [4.78, 5) is 22.3. The Morgan fingerprint density at radius 3 is 2.17 bits per heavy atom. The fraction of sp³-hybridized carbons (Fsp3) is 0.467. The first-order valence-electron chi connectivity index (χ1n) is 13.8. The summed E-state index contributed by atoms with van der Waals surface area (Å²) in [6, 6.07) is 20.5. The van der Waals surface area contributed by atoms with Gasteiger partial charge in [0.1, 0.15) is 24.1 Å². The van der Waals surface area contributed by atoms with E-state index >= 15 is 0 Å². The van der Waals surface area contributed by atoms with Gasteiger partial charge in [0.2, 0.25) is 0 Å². The molecule has 1 fully saturated rings. The van der Waals surface area contributed by atoms with Gasteiger partial charge < -0.3 is 24.7 Å². The van der Waals surface area contributed by atoms with Crippen LogP contribution in [0.4, 0.5) is 5.82 Å². The average Bonchev–Trinajstić information content (AvgIpc) is 3.24. The van der Waals surface area contributed by atoms with E-state index in [1.165, 1.54) is 4.57 Å². The maximum Gasteiger partial charge on any atom is 0.351 e. The van der Waals surface area contributed by atoms with Crippen molar-refractivity contribution < 1.29 is 23.8 Å². The van der Waals surface area contributed by atoms with Gasteiger partial charge in [-0.3, -0.25) is 9.40 Å². The smallest absolute Gasteiger partial charge is 0.351 e. The minimum absolute atomic E-state index is 0.0924. The van der Waals surface area contributed by atoms with Crippen LogP contribution < -0.4 is 21.8 Å². The number of nitrogens with two attached hydrogens (primary N) is 1. The van der Waals surface area contributed by atoms with Gasteiger partial charge >= 0.3 is 5.69 Å². The zero-order valence-corrected chi connectivity index (χ0v) is 25.7. The topological polar surface area (TPSA) is 121 Å². The van der Waals surface area contributed by atoms with E-state index in [0.717, 1.165) is 10.4 Å². The maximum absolute atomic E-state index is 12.9. The van der Waals surface area contributed by atoms with Gasteiger partial charge in [0.25, 0.3) is 8.32 Å². The molecule has 0 bridgehead atoms. The predicted molar refractivity (Wildman–Crippen MR) is 161 cm³/mol. The van der Waals surface area contributed by atoms with Crippen molar-refractivity contribution in [3.63, 3.8) is 0 Å². The molecular formula is C30H42N4O6Si. The summed E-state index contributed by atoms with van der Waals surface area (Å²) in [5, 5.41) is 15.1. The van der Waals surface area contributed by atoms with Gasteiger partial charge in [0.15, 0.2) is 6.23 Å². The fourth-order valence-electron chi connectivity index (χ4n) is 5.39. The van der Waals surface area contributed by atoms with Crippen LogP contribution in [0.2, 0.25) is 5.04 Å². The van der Waals surface area contributed by atoms with Crippen LogP contribution in [0.1, 0.15) is 32.6 Å². The van der Waals surface area contributed by atoms with Crippen molar-refractivity contribution in [2.45, 2.75) is 57.3 Å². The Labute approximate surface area is 242 Å². The van der Waals surface area contributed by atoms with Crippen molar-refractivity contribution in [2.75, 3.05) is 39.6 Å². The Hall–Kier alpha value is -2.90. The molecule has 11 heteroatoms. The van der Waals surface area contributed by atoms with E-state index in [9.17, 15) is 9.90 Å². The first kappa shape index (κ1) is 31.0. The minimum Gasteiger partial charge on any atom is -0.405 e. The predicted octanol–water partition coefficient (Wildman–Crippen LogP) is 1.85. The highest BCUT2D eigenvalue weighted by Gasteiger charge is 2.52. The number of aromatic nitrogens is 2. The normalized spacial score (nSPS) is 21.5. The van der Waals surface area contributed by atoms with Crippen molar-refractivity contribution in [3.05, 3.63) is 82.9 Å². The average molecular weight is 583 g/mol. The van der Waals surface area contributed by atoms with E-state index in [4.69, 9.17) is 24.5 Å². The zero-order valence-electron chi connectivity index (χ0n) is 24.7. The van der Waals surface area contributed by atoms with Gasteiger partial charge in [-0.15, -0.1) is 0 Å². The highest BCUT2D eigenvalue weighted by Crippen LogP contribution is 2.38. The number of nitrogen functional groups attached to an aromatic ring is 1. The lowest BCUT2D eigenvalue weighted by molar-refractivity contribution is -0.151. The van der Waals surface area contributed by atoms with E-state index < -0.39 is 38.5 Å². The van der Waals surface area contributed by atoms with E-state index in [2.05, 4.69) is 50.0 Å². The first-order valence-corrected chi connectivity index (χ1v) is 15.7. The summed E-state index contributed by atoms with van der Waals surface area (Å²) in [5.41, 5.74) is 5.90. The maximum atomic E-state index is 12.9. The van der Waals surface area contributed by atoms with Crippen LogP contribution in [0.15, 0.2) is 71.7 Å². The van der Waals surface area contributed by atoms with Crippen LogP contribution in [-0.2, 0) is 18.7 Å². The van der Waals surface area contributed by atoms with Gasteiger partial charge in [-0.05, 0) is 22.3 Å². The number of aliphatic hydroxyl groups excluding tert-OH is 1. The van der Waals surface area contributed by atoms with Crippen molar-refractivity contribution >= 4 is 24.5 Å². The molecule has 2 heterocycles. The molecule has 1 saturated heterocycles. The highest BCUT2D eigenvalue weighted by atomic mass is 28.4. The number of hydrogen-bond acceptors (Lipinski definition) is 9. The number of ether oxygens (including phenoxy) is 2. The third-order valence-electron chi connectivity index (χ3n) is 7.38. The molecule has 3 aromatic rings. The third kappa shape index (κ3) is 6.62. The van der Waals surface area contributed by atoms with E-state index in [-0.39, 0.29) is 30.7 Å². The van der Waals surface area contributed by atoms with Crippen LogP contribution in [0, 0.1) is 6.92 Å². The highest BCUT2D eigenvalue weighted by molar-refractivity contribution is 6.99. The molecule has 0 spiro atoms. The van der Waals surface area contributed by atoms with Gasteiger partial charge in [0, 0.05) is 25.9 Å². The SMILES string of the molecule is Cc1cn([C@@H]2O[C@H](CO[Si](c3ccccc3)(c3ccccc3)C(C)(C)C)[C@@H](O)[C@H]2OCCON(C)C)c(=O)nc1N. The van der Waals surface area contributed by atoms with Crippen LogP contribution in [0.3, 0.4) is 0 Å². The number of hydroxylamine groups is 2. The molecular weight excluding hydrogens is 540 g/mol. The standard InChI is InChI=1S/C30H42N4O6Si/c1-21-19-34(29(36)32-27(21)31)28-26(37-17-18-38-33(5)6)25(35)24(40-28)20-39-41(30(2,3)4,22-13-9-7-10-14-22)23-15-11-8-12-16-23/h7-16,19,24-26,28,35H,17-18,20H2,1-6H3,(H2,31,32,36)/t24-,25-,26-,28-/m1/s1. The number of benzene rings is 2. The van der Waals surface area contributed by atoms with Crippen LogP contribution in [0.5, 0.6) is 0 Å². The molecule has 10 nitrogen and oxygen atoms in total. The number of hydrogen-bond donors (Lipinski definition) is 2. The summed E-state index contributed by atoms with van der Waals surface area (Å²) < 4.78 is 20.8. The monoisotopic (exact) mass is 582 g/mol. The summed E-state index contributed by atoms with van der Waals surface area (Å²) in [6.07, 6.45) is -2.07. The summed E-state index contributed by atoms with van der Waals surface area (Å²) in [5.74, 6) is 0.146. The molecule has 3 N–H and O–H groups in total. The number of aliphatic hydroxyl groups is 1. The second kappa shape index (κ2) is 12.9. The Kier molecular flexibility index (Phi) is 9.80. The number of anilines is 1. The lowest BCUT2D eigenvalue weighted by Gasteiger charge is -2.43. The lowest BCUT2D eigenvalue weighted by Crippen LogP contribution is -2.67. The molecule has 41 heavy (non-hydrogen) atoms. The van der Waals surface area contributed by atoms with Crippen molar-refractivity contribution in [2.24, 2.45) is 0 Å². The Morgan fingerprint density at radius 2 is 1.63 bits per heavy atom. The Bertz CT molecular complexity index is 1290. The quantitative estimate of drug-likeness (QED) is 0.198. The molecule has 222 valence electrons. The molecule has 0 radical (unpaired) electrons. The van der Waals surface area contributed by atoms with Gasteiger partial charge in [-0.2, -0.15) is 10.0 Å². The van der Waals surface area contributed by atoms with Crippen molar-refractivity contribution in [1.82, 2.24) is 14.6 Å². The van der Waals surface area contributed by atoms with Gasteiger partial charge in [-0.1, -0.05) is 81.4 Å². The van der Waals surface area contributed by atoms with Crippen molar-refractivity contribution in [3.8, 4) is 0 Å². The van der Waals surface area contributed by atoms with Gasteiger partial charge in [0.05, 0.1) is 19.8 Å². The molecule has 2 aromatic carbocycles. The number of nitrogens with zero attached hydrogens (tertiary/aromatic N) is 3. The van der Waals surface area contributed by atoms with E-state index in [1.54, 1.807) is 32.3 Å². The van der Waals surface area contributed by atoms with Crippen molar-refractivity contribution in [1.29, 1.82) is 0 Å². The molecule has 1 aliphatic heterocycles. The molecule has 0 aliphatic carbocycles. The minimum atomic E-state index is -2.90. The molecule has 0 saturated carbocycles. The summed E-state index contributed by atoms with van der Waals surface area (Å²) >= 11 is 0. The number of rotatable bonds is 11. The summed E-state index contributed by atoms with van der Waals surface area (Å²) in [6.45, 7) is 8.86. The lowest BCUT2D eigenvalue weighted by atomic mass is 10.1. The first-order chi connectivity index (χ1) is 19.5. The molecule has 0 amide bonds. The molecule has 1 aromatic heterocycles. The van der Waals surface area contributed by atoms with Crippen LogP contribution in [-0.4, -0.2) is 80.3 Å². The zero-order chi connectivity index (χ0) is 29.8. The third-order valence-corrected chi connectivity index (χ3v) is 12.4. The molecule has 4 atom stereocenters.